The van der Waals surface area contributed by atoms with E-state index in [0.717, 1.165) is 17.4 Å². The van der Waals surface area contributed by atoms with Crippen LogP contribution in [0.15, 0.2) is 47.4 Å². The van der Waals surface area contributed by atoms with Crippen LogP contribution < -0.4 is 10.6 Å². The van der Waals surface area contributed by atoms with Crippen LogP contribution in [-0.4, -0.2) is 27.1 Å². The second kappa shape index (κ2) is 9.55. The molecule has 0 spiro atoms. The first-order valence-corrected chi connectivity index (χ1v) is 11.8. The van der Waals surface area contributed by atoms with E-state index in [1.165, 1.54) is 11.6 Å². The topological polar surface area (TPSA) is 75.3 Å². The number of benzene rings is 2. The van der Waals surface area contributed by atoms with Crippen LogP contribution in [0.2, 0.25) is 0 Å². The van der Waals surface area contributed by atoms with Gasteiger partial charge in [0.1, 0.15) is 0 Å². The summed E-state index contributed by atoms with van der Waals surface area (Å²) in [6.45, 7) is 10.5. The molecule has 29 heavy (non-hydrogen) atoms. The van der Waals surface area contributed by atoms with Crippen LogP contribution in [0, 0.1) is 12.8 Å². The molecule has 0 aromatic heterocycles. The number of sulfone groups is 1. The van der Waals surface area contributed by atoms with Crippen LogP contribution in [-0.2, 0) is 14.6 Å². The van der Waals surface area contributed by atoms with Crippen molar-refractivity contribution in [2.24, 2.45) is 5.92 Å². The number of carbonyl (C=O) groups is 1. The lowest BCUT2D eigenvalue weighted by Crippen LogP contribution is -2.33. The maximum absolute atomic E-state index is 12.5. The Labute approximate surface area is 174 Å². The van der Waals surface area contributed by atoms with Crippen LogP contribution >= 0.6 is 0 Å². The number of rotatable bonds is 8. The van der Waals surface area contributed by atoms with Crippen molar-refractivity contribution in [2.45, 2.75) is 51.5 Å². The van der Waals surface area contributed by atoms with Gasteiger partial charge in [0.05, 0.1) is 11.4 Å². The molecule has 0 bridgehead atoms. The Balaban J connectivity index is 2.08. The third-order valence-corrected chi connectivity index (χ3v) is 6.13. The normalized spacial score (nSPS) is 13.0. The number of anilines is 1. The number of amides is 1. The van der Waals surface area contributed by atoms with Crippen molar-refractivity contribution in [3.63, 3.8) is 0 Å². The van der Waals surface area contributed by atoms with Gasteiger partial charge in [-0.2, -0.15) is 0 Å². The molecule has 0 heterocycles. The molecule has 0 fully saturated rings. The van der Waals surface area contributed by atoms with E-state index in [2.05, 4.69) is 62.6 Å². The lowest BCUT2D eigenvalue weighted by molar-refractivity contribution is -0.115. The van der Waals surface area contributed by atoms with Crippen molar-refractivity contribution < 1.29 is 13.2 Å². The van der Waals surface area contributed by atoms with Gasteiger partial charge >= 0.3 is 0 Å². The quantitative estimate of drug-likeness (QED) is 0.667. The van der Waals surface area contributed by atoms with Gasteiger partial charge in [-0.1, -0.05) is 58.0 Å². The van der Waals surface area contributed by atoms with E-state index in [4.69, 9.17) is 0 Å². The van der Waals surface area contributed by atoms with Gasteiger partial charge in [-0.25, -0.2) is 8.42 Å². The van der Waals surface area contributed by atoms with Gasteiger partial charge < -0.3 is 10.6 Å². The second-order valence-electron chi connectivity index (χ2n) is 8.22. The van der Waals surface area contributed by atoms with E-state index < -0.39 is 9.84 Å². The lowest BCUT2D eigenvalue weighted by atomic mass is 9.93. The molecule has 0 unspecified atom stereocenters. The molecule has 2 N–H and O–H groups in total. The van der Waals surface area contributed by atoms with Crippen molar-refractivity contribution in [1.82, 2.24) is 5.32 Å². The van der Waals surface area contributed by atoms with Crippen LogP contribution in [0.1, 0.15) is 56.3 Å². The zero-order chi connectivity index (χ0) is 21.8. The first-order valence-electron chi connectivity index (χ1n) is 9.93. The second-order valence-corrected chi connectivity index (χ2v) is 10.2. The van der Waals surface area contributed by atoms with E-state index in [1.54, 1.807) is 12.1 Å². The number of hydrogen-bond donors (Lipinski definition) is 2. The fraction of sp³-hybridized carbons (Fsp3) is 0.435. The molecule has 0 aliphatic carbocycles. The molecule has 5 nitrogen and oxygen atoms in total. The third kappa shape index (κ3) is 6.41. The highest BCUT2D eigenvalue weighted by Crippen LogP contribution is 2.24. The largest absolute Gasteiger partial charge is 0.325 e. The SMILES string of the molecule is Cc1ccc(S(C)(=O)=O)cc1NC(=O)CN[C@@H](c1ccc(C(C)C)cc1)C(C)C. The Morgan fingerprint density at radius 3 is 2.07 bits per heavy atom. The van der Waals surface area contributed by atoms with Crippen molar-refractivity contribution in [3.05, 3.63) is 59.2 Å². The molecular formula is C23H32N2O3S. The van der Waals surface area contributed by atoms with E-state index in [9.17, 15) is 13.2 Å². The summed E-state index contributed by atoms with van der Waals surface area (Å²) in [4.78, 5) is 12.7. The van der Waals surface area contributed by atoms with Gasteiger partial charge in [0.15, 0.2) is 9.84 Å². The Morgan fingerprint density at radius 2 is 1.55 bits per heavy atom. The maximum Gasteiger partial charge on any atom is 0.238 e. The molecule has 1 atom stereocenters. The summed E-state index contributed by atoms with van der Waals surface area (Å²) in [6.07, 6.45) is 1.16. The summed E-state index contributed by atoms with van der Waals surface area (Å²) in [5.41, 5.74) is 3.76. The zero-order valence-electron chi connectivity index (χ0n) is 18.1. The summed E-state index contributed by atoms with van der Waals surface area (Å²) in [5, 5.41) is 6.16. The summed E-state index contributed by atoms with van der Waals surface area (Å²) < 4.78 is 23.5. The van der Waals surface area contributed by atoms with Crippen molar-refractivity contribution >= 4 is 21.4 Å². The molecule has 0 saturated heterocycles. The minimum absolute atomic E-state index is 0.0467. The molecule has 158 valence electrons. The van der Waals surface area contributed by atoms with E-state index >= 15 is 0 Å². The van der Waals surface area contributed by atoms with Gasteiger partial charge in [0.2, 0.25) is 5.91 Å². The highest BCUT2D eigenvalue weighted by molar-refractivity contribution is 7.90. The number of carbonyl (C=O) groups excluding carboxylic acids is 1. The molecule has 6 heteroatoms. The molecule has 1 amide bonds. The van der Waals surface area contributed by atoms with Crippen molar-refractivity contribution in [2.75, 3.05) is 18.1 Å². The fourth-order valence-corrected chi connectivity index (χ4v) is 3.84. The molecule has 2 aromatic carbocycles. The summed E-state index contributed by atoms with van der Waals surface area (Å²) >= 11 is 0. The lowest BCUT2D eigenvalue weighted by Gasteiger charge is -2.23. The van der Waals surface area contributed by atoms with Crippen molar-refractivity contribution in [3.8, 4) is 0 Å². The Morgan fingerprint density at radius 1 is 0.966 bits per heavy atom. The molecule has 2 aromatic rings. The minimum atomic E-state index is -3.33. The third-order valence-electron chi connectivity index (χ3n) is 5.02. The van der Waals surface area contributed by atoms with Gasteiger partial charge in [-0.3, -0.25) is 4.79 Å². The first kappa shape index (κ1) is 23.1. The van der Waals surface area contributed by atoms with Gasteiger partial charge in [-0.05, 0) is 47.6 Å². The highest BCUT2D eigenvalue weighted by Gasteiger charge is 2.18. The smallest absolute Gasteiger partial charge is 0.238 e. The van der Waals surface area contributed by atoms with E-state index in [-0.39, 0.29) is 23.4 Å². The van der Waals surface area contributed by atoms with Gasteiger partial charge in [-0.15, -0.1) is 0 Å². The summed E-state index contributed by atoms with van der Waals surface area (Å²) in [6, 6.07) is 13.3. The average Bonchev–Trinajstić information content (AvgIpc) is 2.63. The number of aryl methyl sites for hydroxylation is 1. The van der Waals surface area contributed by atoms with Crippen LogP contribution in [0.4, 0.5) is 5.69 Å². The maximum atomic E-state index is 12.5. The van der Waals surface area contributed by atoms with Crippen molar-refractivity contribution in [1.29, 1.82) is 0 Å². The fourth-order valence-electron chi connectivity index (χ4n) is 3.19. The number of hydrogen-bond acceptors (Lipinski definition) is 4. The average molecular weight is 417 g/mol. The standard InChI is InChI=1S/C23H32N2O3S/c1-15(2)18-8-10-19(11-9-18)23(16(3)4)24-14-22(26)25-21-13-20(29(6,27)28)12-7-17(21)5/h7-13,15-16,23-24H,14H2,1-6H3,(H,25,26)/t23-/m1/s1. The predicted molar refractivity (Wildman–Crippen MR) is 119 cm³/mol. The van der Waals surface area contributed by atoms with E-state index in [0.29, 0.717) is 17.5 Å². The zero-order valence-corrected chi connectivity index (χ0v) is 18.9. The molecule has 2 rings (SSSR count). The Hall–Kier alpha value is -2.18. The summed E-state index contributed by atoms with van der Waals surface area (Å²) in [7, 11) is -3.33. The Bertz CT molecular complexity index is 949. The van der Waals surface area contributed by atoms with Gasteiger partial charge in [0.25, 0.3) is 0 Å². The first-order chi connectivity index (χ1) is 13.5. The Kier molecular flexibility index (Phi) is 7.60. The van der Waals surface area contributed by atoms with Gasteiger partial charge in [0, 0.05) is 18.0 Å². The minimum Gasteiger partial charge on any atom is -0.325 e. The molecule has 0 radical (unpaired) electrons. The number of nitrogens with one attached hydrogen (secondary N) is 2. The van der Waals surface area contributed by atoms with Crippen LogP contribution in [0.5, 0.6) is 0 Å². The monoisotopic (exact) mass is 416 g/mol. The predicted octanol–water partition coefficient (Wildman–Crippen LogP) is 4.45. The van der Waals surface area contributed by atoms with E-state index in [1.807, 2.05) is 6.92 Å². The van der Waals surface area contributed by atoms with Crippen LogP contribution in [0.3, 0.4) is 0 Å². The summed E-state index contributed by atoms with van der Waals surface area (Å²) in [5.74, 6) is 0.581. The highest BCUT2D eigenvalue weighted by atomic mass is 32.2. The molecule has 0 aliphatic rings. The molecule has 0 saturated carbocycles. The molecular weight excluding hydrogens is 384 g/mol. The molecule has 0 aliphatic heterocycles. The van der Waals surface area contributed by atoms with Crippen LogP contribution in [0.25, 0.3) is 0 Å².